The van der Waals surface area contributed by atoms with Crippen LogP contribution in [0.5, 0.6) is 0 Å². The van der Waals surface area contributed by atoms with E-state index in [1.807, 2.05) is 0 Å². The third-order valence-electron chi connectivity index (χ3n) is 3.60. The van der Waals surface area contributed by atoms with Crippen LogP contribution in [0.4, 0.5) is 0 Å². The second-order valence-corrected chi connectivity index (χ2v) is 4.80. The van der Waals surface area contributed by atoms with Crippen molar-refractivity contribution in [2.24, 2.45) is 11.8 Å². The minimum absolute atomic E-state index is 0.0182. The van der Waals surface area contributed by atoms with E-state index in [0.717, 1.165) is 4.90 Å². The van der Waals surface area contributed by atoms with Gasteiger partial charge in [0.25, 0.3) is 0 Å². The molecular weight excluding hydrogens is 238 g/mol. The third-order valence-corrected chi connectivity index (χ3v) is 3.60. The summed E-state index contributed by atoms with van der Waals surface area (Å²) in [6.45, 7) is 1.08. The van der Waals surface area contributed by atoms with Crippen LogP contribution in [0.25, 0.3) is 0 Å². The van der Waals surface area contributed by atoms with Gasteiger partial charge in [0.1, 0.15) is 0 Å². The molecule has 2 saturated heterocycles. The molecule has 0 saturated carbocycles. The van der Waals surface area contributed by atoms with Crippen LogP contribution in [0.3, 0.4) is 0 Å². The van der Waals surface area contributed by atoms with Gasteiger partial charge in [-0.3, -0.25) is 19.3 Å². The lowest BCUT2D eigenvalue weighted by Crippen LogP contribution is -2.49. The molecule has 2 aliphatic heterocycles. The lowest BCUT2D eigenvalue weighted by atomic mass is 9.93. The Balaban J connectivity index is 2.02. The fraction of sp³-hybridized carbons (Fsp3) is 0.750. The van der Waals surface area contributed by atoms with Gasteiger partial charge >= 0.3 is 5.97 Å². The number of carbonyl (C=O) groups excluding carboxylic acids is 2. The Morgan fingerprint density at radius 3 is 2.44 bits per heavy atom. The molecule has 2 fully saturated rings. The first-order valence-electron chi connectivity index (χ1n) is 6.24. The highest BCUT2D eigenvalue weighted by Crippen LogP contribution is 2.23. The highest BCUT2D eigenvalue weighted by Gasteiger charge is 2.36. The molecule has 0 bridgehead atoms. The Kier molecular flexibility index (Phi) is 3.96. The fourth-order valence-corrected chi connectivity index (χ4v) is 2.43. The number of hydrogen-bond donors (Lipinski definition) is 1. The van der Waals surface area contributed by atoms with E-state index in [0.29, 0.717) is 32.5 Å². The average molecular weight is 255 g/mol. The van der Waals surface area contributed by atoms with Crippen LogP contribution in [-0.2, 0) is 19.1 Å². The van der Waals surface area contributed by atoms with Gasteiger partial charge in [-0.1, -0.05) is 0 Å². The fourth-order valence-electron chi connectivity index (χ4n) is 2.43. The average Bonchev–Trinajstić information content (AvgIpc) is 2.39. The number of likely N-dealkylation sites (tertiary alicyclic amines) is 1. The minimum Gasteiger partial charge on any atom is -0.481 e. The molecule has 6 nitrogen and oxygen atoms in total. The van der Waals surface area contributed by atoms with E-state index in [9.17, 15) is 14.4 Å². The van der Waals surface area contributed by atoms with Gasteiger partial charge in [0.15, 0.2) is 0 Å². The normalized spacial score (nSPS) is 26.1. The number of carboxylic acids is 1. The van der Waals surface area contributed by atoms with Crippen molar-refractivity contribution in [2.45, 2.75) is 25.7 Å². The van der Waals surface area contributed by atoms with Crippen LogP contribution in [0.1, 0.15) is 25.7 Å². The molecule has 6 heteroatoms. The Hall–Kier alpha value is -1.43. The van der Waals surface area contributed by atoms with Crippen LogP contribution < -0.4 is 0 Å². The predicted octanol–water partition coefficient (Wildman–Crippen LogP) is 0.263. The van der Waals surface area contributed by atoms with Gasteiger partial charge in [0.05, 0.1) is 5.92 Å². The maximum absolute atomic E-state index is 12.2. The number of carboxylic acid groups (broad SMARTS) is 1. The van der Waals surface area contributed by atoms with E-state index in [-0.39, 0.29) is 30.7 Å². The number of carbonyl (C=O) groups is 3. The van der Waals surface area contributed by atoms with Crippen molar-refractivity contribution in [3.8, 4) is 0 Å². The summed E-state index contributed by atoms with van der Waals surface area (Å²) in [7, 11) is 0. The van der Waals surface area contributed by atoms with E-state index in [1.54, 1.807) is 0 Å². The molecule has 1 unspecified atom stereocenters. The van der Waals surface area contributed by atoms with Gasteiger partial charge in [-0.2, -0.15) is 0 Å². The van der Waals surface area contributed by atoms with Crippen molar-refractivity contribution in [1.82, 2.24) is 4.90 Å². The standard InChI is InChI=1S/C12H17NO5/c14-10-2-1-9(12(16)17)7-13(10)11(15)8-3-5-18-6-4-8/h8-9H,1-7H2,(H,16,17). The van der Waals surface area contributed by atoms with Gasteiger partial charge < -0.3 is 9.84 Å². The lowest BCUT2D eigenvalue weighted by molar-refractivity contribution is -0.156. The van der Waals surface area contributed by atoms with E-state index >= 15 is 0 Å². The molecule has 2 amide bonds. The van der Waals surface area contributed by atoms with Crippen molar-refractivity contribution >= 4 is 17.8 Å². The minimum atomic E-state index is -0.938. The summed E-state index contributed by atoms with van der Waals surface area (Å²) < 4.78 is 5.17. The summed E-state index contributed by atoms with van der Waals surface area (Å²) in [5, 5.41) is 8.97. The summed E-state index contributed by atoms with van der Waals surface area (Å²) >= 11 is 0. The molecular formula is C12H17NO5. The number of rotatable bonds is 2. The molecule has 0 radical (unpaired) electrons. The molecule has 2 heterocycles. The first-order valence-corrected chi connectivity index (χ1v) is 6.24. The summed E-state index contributed by atoms with van der Waals surface area (Å²) in [6.07, 6.45) is 1.69. The van der Waals surface area contributed by atoms with Crippen molar-refractivity contribution in [1.29, 1.82) is 0 Å². The highest BCUT2D eigenvalue weighted by atomic mass is 16.5. The van der Waals surface area contributed by atoms with Crippen LogP contribution in [0.2, 0.25) is 0 Å². The van der Waals surface area contributed by atoms with Crippen LogP contribution in [0, 0.1) is 11.8 Å². The highest BCUT2D eigenvalue weighted by molar-refractivity contribution is 5.97. The van der Waals surface area contributed by atoms with Crippen LogP contribution in [0.15, 0.2) is 0 Å². The summed E-state index contributed by atoms with van der Waals surface area (Å²) in [5.74, 6) is -2.23. The predicted molar refractivity (Wildman–Crippen MR) is 60.6 cm³/mol. The summed E-state index contributed by atoms with van der Waals surface area (Å²) in [6, 6.07) is 0. The maximum Gasteiger partial charge on any atom is 0.308 e. The molecule has 0 aliphatic carbocycles. The molecule has 2 aliphatic rings. The quantitative estimate of drug-likeness (QED) is 0.716. The molecule has 0 aromatic heterocycles. The molecule has 0 aromatic carbocycles. The van der Waals surface area contributed by atoms with Crippen molar-refractivity contribution in [2.75, 3.05) is 19.8 Å². The van der Waals surface area contributed by atoms with Crippen molar-refractivity contribution < 1.29 is 24.2 Å². The first-order chi connectivity index (χ1) is 8.59. The number of ether oxygens (including phenoxy) is 1. The molecule has 0 spiro atoms. The Bertz CT molecular complexity index is 361. The Morgan fingerprint density at radius 1 is 1.17 bits per heavy atom. The first kappa shape index (κ1) is 13.0. The van der Waals surface area contributed by atoms with Crippen molar-refractivity contribution in [3.05, 3.63) is 0 Å². The Labute approximate surface area is 105 Å². The van der Waals surface area contributed by atoms with Gasteiger partial charge in [-0.25, -0.2) is 0 Å². The van der Waals surface area contributed by atoms with E-state index < -0.39 is 11.9 Å². The molecule has 1 atom stereocenters. The van der Waals surface area contributed by atoms with Crippen LogP contribution >= 0.6 is 0 Å². The Morgan fingerprint density at radius 2 is 1.83 bits per heavy atom. The summed E-state index contributed by atoms with van der Waals surface area (Å²) in [5.41, 5.74) is 0. The second-order valence-electron chi connectivity index (χ2n) is 4.80. The van der Waals surface area contributed by atoms with Gasteiger partial charge in [-0.05, 0) is 19.3 Å². The van der Waals surface area contributed by atoms with E-state index in [4.69, 9.17) is 9.84 Å². The smallest absolute Gasteiger partial charge is 0.308 e. The summed E-state index contributed by atoms with van der Waals surface area (Å²) in [4.78, 5) is 36.0. The van der Waals surface area contributed by atoms with Crippen molar-refractivity contribution in [3.63, 3.8) is 0 Å². The maximum atomic E-state index is 12.2. The van der Waals surface area contributed by atoms with Crippen LogP contribution in [-0.4, -0.2) is 47.5 Å². The molecule has 100 valence electrons. The number of aliphatic carboxylic acids is 1. The second kappa shape index (κ2) is 5.48. The van der Waals surface area contributed by atoms with E-state index in [1.165, 1.54) is 0 Å². The number of amides is 2. The number of piperidine rings is 1. The lowest BCUT2D eigenvalue weighted by Gasteiger charge is -2.32. The third kappa shape index (κ3) is 2.69. The van der Waals surface area contributed by atoms with Gasteiger partial charge in [0.2, 0.25) is 11.8 Å². The zero-order valence-corrected chi connectivity index (χ0v) is 10.1. The number of nitrogens with zero attached hydrogens (tertiary/aromatic N) is 1. The van der Waals surface area contributed by atoms with Gasteiger partial charge in [-0.15, -0.1) is 0 Å². The molecule has 18 heavy (non-hydrogen) atoms. The SMILES string of the molecule is O=C(O)C1CCC(=O)N(C(=O)C2CCOCC2)C1. The van der Waals surface area contributed by atoms with Gasteiger partial charge in [0, 0.05) is 32.1 Å². The molecule has 1 N–H and O–H groups in total. The largest absolute Gasteiger partial charge is 0.481 e. The topological polar surface area (TPSA) is 83.9 Å². The van der Waals surface area contributed by atoms with E-state index in [2.05, 4.69) is 0 Å². The number of hydrogen-bond acceptors (Lipinski definition) is 4. The number of imide groups is 1. The monoisotopic (exact) mass is 255 g/mol. The molecule has 2 rings (SSSR count). The zero-order chi connectivity index (χ0) is 13.1. The zero-order valence-electron chi connectivity index (χ0n) is 10.1. The molecule has 0 aromatic rings.